The summed E-state index contributed by atoms with van der Waals surface area (Å²) in [5.41, 5.74) is 0. The summed E-state index contributed by atoms with van der Waals surface area (Å²) in [6, 6.07) is 0. The molecule has 0 bridgehead atoms. The number of ether oxygens (including phenoxy) is 2. The van der Waals surface area contributed by atoms with E-state index in [4.69, 9.17) is 9.47 Å². The van der Waals surface area contributed by atoms with Crippen LogP contribution in [0.1, 0.15) is 103 Å². The Morgan fingerprint density at radius 3 is 2.09 bits per heavy atom. The van der Waals surface area contributed by atoms with Gasteiger partial charge in [0.15, 0.2) is 6.10 Å². The molecule has 0 saturated carbocycles. The van der Waals surface area contributed by atoms with Crippen LogP contribution in [0.4, 0.5) is 0 Å². The van der Waals surface area contributed by atoms with Crippen LogP contribution in [0.15, 0.2) is 12.2 Å². The van der Waals surface area contributed by atoms with E-state index in [1.807, 2.05) is 0 Å². The summed E-state index contributed by atoms with van der Waals surface area (Å²) >= 11 is 0. The fourth-order valence-electron chi connectivity index (χ4n) is 3.63. The van der Waals surface area contributed by atoms with Crippen molar-refractivity contribution in [3.63, 3.8) is 0 Å². The molecule has 0 unspecified atom stereocenters. The topological polar surface area (TPSA) is 102 Å². The van der Waals surface area contributed by atoms with Crippen LogP contribution in [0.3, 0.4) is 0 Å². The predicted molar refractivity (Wildman–Crippen MR) is 119 cm³/mol. The molecular weight excluding hydrogens is 443 g/mol. The molecule has 1 heterocycles. The molecule has 1 aliphatic rings. The molecule has 0 N–H and O–H groups in total. The molecule has 0 radical (unpaired) electrons. The average Bonchev–Trinajstić information content (AvgIpc) is 2.71. The van der Waals surface area contributed by atoms with Gasteiger partial charge in [-0.2, -0.15) is 0 Å². The van der Waals surface area contributed by atoms with Gasteiger partial charge < -0.3 is 14.0 Å². The number of carbonyl (C=O) groups is 1. The van der Waals surface area contributed by atoms with Gasteiger partial charge in [0.2, 0.25) is 10.4 Å². The van der Waals surface area contributed by atoms with Crippen molar-refractivity contribution in [3.05, 3.63) is 12.2 Å². The van der Waals surface area contributed by atoms with Crippen LogP contribution < -0.4 is 29.6 Å². The number of hydrogen-bond acceptors (Lipinski definition) is 7. The van der Waals surface area contributed by atoms with Crippen LogP contribution in [-0.4, -0.2) is 44.4 Å². The Balaban J connectivity index is 0.00000961. The van der Waals surface area contributed by atoms with Gasteiger partial charge in [0.25, 0.3) is 0 Å². The first-order chi connectivity index (χ1) is 14.9. The van der Waals surface area contributed by atoms with Crippen LogP contribution in [-0.2, 0) is 28.9 Å². The first-order valence-electron chi connectivity index (χ1n) is 12.0. The monoisotopic (exact) mass is 484 g/mol. The minimum atomic E-state index is -4.84. The Morgan fingerprint density at radius 1 is 0.938 bits per heavy atom. The number of unbranched alkanes of at least 4 members (excludes halogenated alkanes) is 11. The fraction of sp³-hybridized carbons (Fsp3) is 0.870. The molecule has 182 valence electrons. The Labute approximate surface area is 217 Å². The van der Waals surface area contributed by atoms with E-state index in [0.29, 0.717) is 0 Å². The molecule has 0 aromatic carbocycles. The number of esters is 1. The standard InChI is InChI=1S/C23H42O7S.Na/c1-2-3-4-5-6-7-8-9-10-11-12-13-14-15-16-17-23(24)29-22-20-28-19-18-21(22)30-31(25,26)27;/h9-10,21-22H,2-8,11-20H2,1H3,(H,25,26,27);/q;+1/p-1/b10-9+;/t21-,22+;/m0./s1. The van der Waals surface area contributed by atoms with Crippen molar-refractivity contribution < 1.29 is 61.0 Å². The molecule has 9 heteroatoms. The maximum absolute atomic E-state index is 12.0. The molecule has 1 saturated heterocycles. The first kappa shape index (κ1) is 32.0. The quantitative estimate of drug-likeness (QED) is 0.0734. The summed E-state index contributed by atoms with van der Waals surface area (Å²) in [4.78, 5) is 12.0. The fourth-order valence-corrected chi connectivity index (χ4v) is 4.15. The maximum Gasteiger partial charge on any atom is 1.00 e. The Kier molecular flexibility index (Phi) is 20.4. The summed E-state index contributed by atoms with van der Waals surface area (Å²) < 4.78 is 47.3. The van der Waals surface area contributed by atoms with E-state index in [2.05, 4.69) is 23.3 Å². The number of allylic oxidation sites excluding steroid dienone is 2. The minimum absolute atomic E-state index is 0. The van der Waals surface area contributed by atoms with Gasteiger partial charge in [-0.15, -0.1) is 0 Å². The molecule has 2 atom stereocenters. The minimum Gasteiger partial charge on any atom is -0.726 e. The SMILES string of the molecule is CCCCCCCC/C=C/CCCCCCCC(=O)O[C@@H]1COCC[C@@H]1OS(=O)(=O)[O-].[Na+]. The third kappa shape index (κ3) is 18.5. The molecule has 32 heavy (non-hydrogen) atoms. The van der Waals surface area contributed by atoms with E-state index < -0.39 is 28.6 Å². The maximum atomic E-state index is 12.0. The van der Waals surface area contributed by atoms with Crippen LogP contribution in [0.25, 0.3) is 0 Å². The van der Waals surface area contributed by atoms with Crippen molar-refractivity contribution in [3.8, 4) is 0 Å². The molecule has 1 fully saturated rings. The Bertz CT molecular complexity index is 595. The summed E-state index contributed by atoms with van der Waals surface area (Å²) in [5, 5.41) is 0. The third-order valence-corrected chi connectivity index (χ3v) is 5.89. The Morgan fingerprint density at radius 2 is 1.50 bits per heavy atom. The van der Waals surface area contributed by atoms with Gasteiger partial charge in [-0.25, -0.2) is 8.42 Å². The predicted octanol–water partition coefficient (Wildman–Crippen LogP) is 2.21. The molecule has 0 aromatic rings. The van der Waals surface area contributed by atoms with Gasteiger partial charge in [0, 0.05) is 19.4 Å². The van der Waals surface area contributed by atoms with Gasteiger partial charge in [0.1, 0.15) is 6.10 Å². The molecule has 0 aromatic heterocycles. The zero-order chi connectivity index (χ0) is 22.8. The summed E-state index contributed by atoms with van der Waals surface area (Å²) in [5.74, 6) is -0.412. The van der Waals surface area contributed by atoms with E-state index in [0.717, 1.165) is 32.1 Å². The van der Waals surface area contributed by atoms with Crippen LogP contribution in [0, 0.1) is 0 Å². The van der Waals surface area contributed by atoms with Crippen molar-refractivity contribution in [2.24, 2.45) is 0 Å². The zero-order valence-electron chi connectivity index (χ0n) is 20.1. The second kappa shape index (κ2) is 20.4. The van der Waals surface area contributed by atoms with Crippen molar-refractivity contribution in [1.82, 2.24) is 0 Å². The summed E-state index contributed by atoms with van der Waals surface area (Å²) in [6.45, 7) is 2.55. The average molecular weight is 485 g/mol. The number of rotatable bonds is 18. The number of hydrogen-bond donors (Lipinski definition) is 0. The van der Waals surface area contributed by atoms with Crippen molar-refractivity contribution >= 4 is 16.4 Å². The van der Waals surface area contributed by atoms with Gasteiger partial charge >= 0.3 is 35.5 Å². The molecule has 0 spiro atoms. The van der Waals surface area contributed by atoms with Gasteiger partial charge in [-0.1, -0.05) is 70.4 Å². The second-order valence-corrected chi connectivity index (χ2v) is 9.28. The molecule has 1 aliphatic heterocycles. The van der Waals surface area contributed by atoms with Gasteiger partial charge in [0.05, 0.1) is 6.61 Å². The van der Waals surface area contributed by atoms with E-state index in [9.17, 15) is 17.8 Å². The molecule has 7 nitrogen and oxygen atoms in total. The van der Waals surface area contributed by atoms with Crippen molar-refractivity contribution in [2.75, 3.05) is 13.2 Å². The van der Waals surface area contributed by atoms with Crippen LogP contribution in [0.5, 0.6) is 0 Å². The van der Waals surface area contributed by atoms with Gasteiger partial charge in [-0.3, -0.25) is 8.98 Å². The van der Waals surface area contributed by atoms with Gasteiger partial charge in [-0.05, 0) is 32.1 Å². The molecule has 0 amide bonds. The van der Waals surface area contributed by atoms with Crippen molar-refractivity contribution in [2.45, 2.75) is 115 Å². The molecular formula is C23H41NaO7S. The van der Waals surface area contributed by atoms with Crippen molar-refractivity contribution in [1.29, 1.82) is 0 Å². The summed E-state index contributed by atoms with van der Waals surface area (Å²) in [6.07, 6.45) is 18.6. The molecule has 1 rings (SSSR count). The Hall–Kier alpha value is 0.0400. The van der Waals surface area contributed by atoms with E-state index in [1.165, 1.54) is 51.4 Å². The largest absolute Gasteiger partial charge is 1.00 e. The van der Waals surface area contributed by atoms with Crippen LogP contribution >= 0.6 is 0 Å². The van der Waals surface area contributed by atoms with E-state index in [1.54, 1.807) is 0 Å². The first-order valence-corrected chi connectivity index (χ1v) is 13.3. The molecule has 0 aliphatic carbocycles. The smallest absolute Gasteiger partial charge is 0.726 e. The third-order valence-electron chi connectivity index (χ3n) is 5.41. The summed E-state index contributed by atoms with van der Waals surface area (Å²) in [7, 11) is -4.84. The zero-order valence-corrected chi connectivity index (χ0v) is 22.9. The normalized spacial score (nSPS) is 19.1. The number of carbonyl (C=O) groups excluding carboxylic acids is 1. The van der Waals surface area contributed by atoms with E-state index >= 15 is 0 Å². The second-order valence-electron chi connectivity index (χ2n) is 8.27. The van der Waals surface area contributed by atoms with E-state index in [-0.39, 0.29) is 55.6 Å². The van der Waals surface area contributed by atoms with Crippen LogP contribution in [0.2, 0.25) is 0 Å².